The molecule has 1 unspecified atom stereocenters. The minimum Gasteiger partial charge on any atom is -0.491 e. The molecule has 0 heterocycles. The second-order valence-electron chi connectivity index (χ2n) is 5.24. The summed E-state index contributed by atoms with van der Waals surface area (Å²) >= 11 is 6.29. The third-order valence-electron chi connectivity index (χ3n) is 3.08. The maximum Gasteiger partial charge on any atom is 0.120 e. The van der Waals surface area contributed by atoms with Gasteiger partial charge in [0.25, 0.3) is 0 Å². The van der Waals surface area contributed by atoms with Gasteiger partial charge in [-0.15, -0.1) is 0 Å². The third kappa shape index (κ3) is 3.53. The molecule has 2 aromatic carbocycles. The molecule has 0 radical (unpaired) electrons. The van der Waals surface area contributed by atoms with Crippen molar-refractivity contribution < 1.29 is 4.74 Å². The van der Waals surface area contributed by atoms with Gasteiger partial charge in [0.05, 0.1) is 12.1 Å². The average Bonchev–Trinajstić information content (AvgIpc) is 2.37. The van der Waals surface area contributed by atoms with Gasteiger partial charge in [-0.2, -0.15) is 0 Å². The van der Waals surface area contributed by atoms with E-state index in [2.05, 4.69) is 0 Å². The molecule has 2 aromatic rings. The molecule has 0 amide bonds. The molecular formula is C17H20ClNO. The first-order valence-electron chi connectivity index (χ1n) is 6.75. The molecule has 2 nitrogen and oxygen atoms in total. The van der Waals surface area contributed by atoms with E-state index in [4.69, 9.17) is 22.1 Å². The lowest BCUT2D eigenvalue weighted by Gasteiger charge is -2.17. The van der Waals surface area contributed by atoms with Crippen LogP contribution in [0, 0.1) is 6.92 Å². The maximum absolute atomic E-state index is 6.33. The van der Waals surface area contributed by atoms with E-state index in [9.17, 15) is 0 Å². The van der Waals surface area contributed by atoms with Crippen molar-refractivity contribution in [1.29, 1.82) is 0 Å². The van der Waals surface area contributed by atoms with Crippen LogP contribution in [0.2, 0.25) is 5.02 Å². The van der Waals surface area contributed by atoms with Crippen LogP contribution in [0.25, 0.3) is 0 Å². The summed E-state index contributed by atoms with van der Waals surface area (Å²) in [6.07, 6.45) is 0.143. The SMILES string of the molecule is Cc1ccc(C(N)c2cccc(OC(C)C)c2)c(Cl)c1. The van der Waals surface area contributed by atoms with Gasteiger partial charge in [0, 0.05) is 5.02 Å². The van der Waals surface area contributed by atoms with Gasteiger partial charge in [-0.25, -0.2) is 0 Å². The normalized spacial score (nSPS) is 12.5. The van der Waals surface area contributed by atoms with E-state index in [1.807, 2.05) is 63.2 Å². The standard InChI is InChI=1S/C17H20ClNO/c1-11(2)20-14-6-4-5-13(10-14)17(19)15-8-7-12(3)9-16(15)18/h4-11,17H,19H2,1-3H3. The highest BCUT2D eigenvalue weighted by atomic mass is 35.5. The van der Waals surface area contributed by atoms with Crippen LogP contribution in [0.15, 0.2) is 42.5 Å². The van der Waals surface area contributed by atoms with Crippen LogP contribution in [0.1, 0.15) is 36.6 Å². The van der Waals surface area contributed by atoms with Crippen LogP contribution >= 0.6 is 11.6 Å². The Morgan fingerprint density at radius 2 is 1.85 bits per heavy atom. The molecule has 0 saturated heterocycles. The molecule has 0 aliphatic rings. The molecule has 0 aromatic heterocycles. The van der Waals surface area contributed by atoms with Crippen LogP contribution < -0.4 is 10.5 Å². The van der Waals surface area contributed by atoms with Gasteiger partial charge >= 0.3 is 0 Å². The van der Waals surface area contributed by atoms with Crippen molar-refractivity contribution in [3.8, 4) is 5.75 Å². The highest BCUT2D eigenvalue weighted by Crippen LogP contribution is 2.29. The second kappa shape index (κ2) is 6.29. The molecule has 106 valence electrons. The van der Waals surface area contributed by atoms with Gasteiger partial charge in [-0.3, -0.25) is 0 Å². The monoisotopic (exact) mass is 289 g/mol. The van der Waals surface area contributed by atoms with Crippen LogP contribution in [0.5, 0.6) is 5.75 Å². The van der Waals surface area contributed by atoms with Crippen molar-refractivity contribution in [3.05, 3.63) is 64.2 Å². The number of hydrogen-bond donors (Lipinski definition) is 1. The summed E-state index contributed by atoms with van der Waals surface area (Å²) in [6, 6.07) is 13.6. The predicted molar refractivity (Wildman–Crippen MR) is 84.4 cm³/mol. The first-order valence-corrected chi connectivity index (χ1v) is 7.13. The summed E-state index contributed by atoms with van der Waals surface area (Å²) in [5, 5.41) is 0.702. The quantitative estimate of drug-likeness (QED) is 0.900. The van der Waals surface area contributed by atoms with Crippen molar-refractivity contribution in [1.82, 2.24) is 0 Å². The third-order valence-corrected chi connectivity index (χ3v) is 3.41. The number of aryl methyl sites for hydroxylation is 1. The summed E-state index contributed by atoms with van der Waals surface area (Å²) in [6.45, 7) is 6.02. The van der Waals surface area contributed by atoms with E-state index >= 15 is 0 Å². The molecule has 0 bridgehead atoms. The average molecular weight is 290 g/mol. The largest absolute Gasteiger partial charge is 0.491 e. The van der Waals surface area contributed by atoms with Crippen molar-refractivity contribution in [3.63, 3.8) is 0 Å². The Kier molecular flexibility index (Phi) is 4.69. The molecular weight excluding hydrogens is 270 g/mol. The summed E-state index contributed by atoms with van der Waals surface area (Å²) in [4.78, 5) is 0. The zero-order chi connectivity index (χ0) is 14.7. The van der Waals surface area contributed by atoms with Gasteiger partial charge in [0.15, 0.2) is 0 Å². The number of halogens is 1. The summed E-state index contributed by atoms with van der Waals surface area (Å²) in [5.41, 5.74) is 9.38. The Hall–Kier alpha value is -1.51. The van der Waals surface area contributed by atoms with Crippen LogP contribution in [-0.2, 0) is 0 Å². The summed E-state index contributed by atoms with van der Waals surface area (Å²) < 4.78 is 5.70. The van der Waals surface area contributed by atoms with Crippen LogP contribution in [0.3, 0.4) is 0 Å². The minimum absolute atomic E-state index is 0.143. The Morgan fingerprint density at radius 3 is 2.50 bits per heavy atom. The highest BCUT2D eigenvalue weighted by molar-refractivity contribution is 6.31. The van der Waals surface area contributed by atoms with E-state index < -0.39 is 0 Å². The predicted octanol–water partition coefficient (Wildman–Crippen LogP) is 4.48. The minimum atomic E-state index is -0.251. The van der Waals surface area contributed by atoms with E-state index in [1.165, 1.54) is 0 Å². The fourth-order valence-corrected chi connectivity index (χ4v) is 2.47. The Morgan fingerprint density at radius 1 is 1.10 bits per heavy atom. The molecule has 3 heteroatoms. The smallest absolute Gasteiger partial charge is 0.120 e. The molecule has 2 rings (SSSR count). The molecule has 1 atom stereocenters. The zero-order valence-electron chi connectivity index (χ0n) is 12.1. The van der Waals surface area contributed by atoms with E-state index in [1.54, 1.807) is 0 Å². The van der Waals surface area contributed by atoms with E-state index in [0.29, 0.717) is 5.02 Å². The lowest BCUT2D eigenvalue weighted by atomic mass is 9.98. The number of nitrogens with two attached hydrogens (primary N) is 1. The fraction of sp³-hybridized carbons (Fsp3) is 0.294. The molecule has 0 aliphatic heterocycles. The molecule has 2 N–H and O–H groups in total. The lowest BCUT2D eigenvalue weighted by molar-refractivity contribution is 0.242. The molecule has 0 aliphatic carbocycles. The van der Waals surface area contributed by atoms with Gasteiger partial charge < -0.3 is 10.5 Å². The second-order valence-corrected chi connectivity index (χ2v) is 5.65. The Labute approximate surface area is 125 Å². The van der Waals surface area contributed by atoms with Crippen LogP contribution in [0.4, 0.5) is 0 Å². The van der Waals surface area contributed by atoms with E-state index in [-0.39, 0.29) is 12.1 Å². The van der Waals surface area contributed by atoms with Gasteiger partial charge in [0.1, 0.15) is 5.75 Å². The Bertz CT molecular complexity index is 595. The summed E-state index contributed by atoms with van der Waals surface area (Å²) in [7, 11) is 0. The molecule has 0 fully saturated rings. The molecule has 0 saturated carbocycles. The molecule has 0 spiro atoms. The Balaban J connectivity index is 2.30. The van der Waals surface area contributed by atoms with Crippen LogP contribution in [-0.4, -0.2) is 6.10 Å². The van der Waals surface area contributed by atoms with Crippen molar-refractivity contribution in [2.75, 3.05) is 0 Å². The topological polar surface area (TPSA) is 35.2 Å². The number of hydrogen-bond acceptors (Lipinski definition) is 2. The van der Waals surface area contributed by atoms with Gasteiger partial charge in [-0.05, 0) is 55.7 Å². The molecule has 20 heavy (non-hydrogen) atoms. The van der Waals surface area contributed by atoms with E-state index in [0.717, 1.165) is 22.4 Å². The first kappa shape index (κ1) is 14.9. The van der Waals surface area contributed by atoms with Crippen molar-refractivity contribution >= 4 is 11.6 Å². The van der Waals surface area contributed by atoms with Gasteiger partial charge in [-0.1, -0.05) is 35.9 Å². The highest BCUT2D eigenvalue weighted by Gasteiger charge is 2.13. The zero-order valence-corrected chi connectivity index (χ0v) is 12.8. The lowest BCUT2D eigenvalue weighted by Crippen LogP contribution is -2.13. The number of rotatable bonds is 4. The van der Waals surface area contributed by atoms with Crippen molar-refractivity contribution in [2.45, 2.75) is 32.9 Å². The number of benzene rings is 2. The van der Waals surface area contributed by atoms with Crippen molar-refractivity contribution in [2.24, 2.45) is 5.73 Å². The maximum atomic E-state index is 6.33. The summed E-state index contributed by atoms with van der Waals surface area (Å²) in [5.74, 6) is 0.830. The first-order chi connectivity index (χ1) is 9.47. The van der Waals surface area contributed by atoms with Gasteiger partial charge in [0.2, 0.25) is 0 Å². The fourth-order valence-electron chi connectivity index (χ4n) is 2.12. The number of ether oxygens (including phenoxy) is 1.